The summed E-state index contributed by atoms with van der Waals surface area (Å²) in [6.45, 7) is 1.18. The maximum atomic E-state index is 15.6. The second kappa shape index (κ2) is 8.63. The zero-order valence-corrected chi connectivity index (χ0v) is 20.7. The number of nitrogens with one attached hydrogen (secondary N) is 1. The van der Waals surface area contributed by atoms with Crippen molar-refractivity contribution in [3.8, 4) is 5.75 Å². The number of aromatic nitrogens is 3. The van der Waals surface area contributed by atoms with Crippen LogP contribution in [0.2, 0.25) is 0 Å². The minimum atomic E-state index is -0.534. The van der Waals surface area contributed by atoms with Gasteiger partial charge in [0, 0.05) is 30.7 Å². The monoisotopic (exact) mass is 523 g/mol. The van der Waals surface area contributed by atoms with Crippen LogP contribution in [0.15, 0.2) is 27.2 Å². The Labute approximate surface area is 207 Å². The number of thiazole rings is 1. The number of aromatic amines is 1. The Morgan fingerprint density at radius 2 is 2.12 bits per heavy atom. The molecule has 1 unspecified atom stereocenters. The Kier molecular flexibility index (Phi) is 5.91. The van der Waals surface area contributed by atoms with E-state index in [-0.39, 0.29) is 41.2 Å². The Morgan fingerprint density at radius 1 is 1.32 bits per heavy atom. The van der Waals surface area contributed by atoms with E-state index >= 15 is 4.39 Å². The fraction of sp³-hybridized carbons (Fsp3) is 0.409. The summed E-state index contributed by atoms with van der Waals surface area (Å²) in [7, 11) is 1.50. The van der Waals surface area contributed by atoms with Crippen molar-refractivity contribution in [1.82, 2.24) is 13.9 Å². The molecule has 1 aromatic carbocycles. The first-order chi connectivity index (χ1) is 16.0. The SMILES string of the molecule is COc1c(N2CC[C@@H](C(N)c3nccs3)C2)c(F)cc2c(=O)c3c(=O)[nH]sc3n(C3CC3)c12.Cl. The molecular formula is C22H23ClFN5O3S2. The Balaban J connectivity index is 0.00000241. The highest BCUT2D eigenvalue weighted by molar-refractivity contribution is 7.12. The van der Waals surface area contributed by atoms with Gasteiger partial charge in [-0.1, -0.05) is 0 Å². The number of fused-ring (bicyclic) bond motifs is 2. The smallest absolute Gasteiger partial charge is 0.271 e. The van der Waals surface area contributed by atoms with E-state index in [1.54, 1.807) is 6.20 Å². The highest BCUT2D eigenvalue weighted by Gasteiger charge is 2.36. The van der Waals surface area contributed by atoms with E-state index in [0.29, 0.717) is 34.9 Å². The van der Waals surface area contributed by atoms with Crippen LogP contribution in [0.3, 0.4) is 0 Å². The van der Waals surface area contributed by atoms with Crippen LogP contribution < -0.4 is 26.4 Å². The quantitative estimate of drug-likeness (QED) is 0.412. The van der Waals surface area contributed by atoms with Gasteiger partial charge in [-0.15, -0.1) is 23.7 Å². The van der Waals surface area contributed by atoms with E-state index in [1.165, 1.54) is 24.5 Å². The maximum Gasteiger partial charge on any atom is 0.271 e. The third kappa shape index (κ3) is 3.44. The van der Waals surface area contributed by atoms with Gasteiger partial charge < -0.3 is 19.9 Å². The van der Waals surface area contributed by atoms with Crippen LogP contribution in [0.1, 0.15) is 36.4 Å². The van der Waals surface area contributed by atoms with Crippen LogP contribution >= 0.6 is 35.3 Å². The van der Waals surface area contributed by atoms with Gasteiger partial charge in [-0.25, -0.2) is 9.37 Å². The van der Waals surface area contributed by atoms with Crippen LogP contribution in [0.25, 0.3) is 21.1 Å². The highest BCUT2D eigenvalue weighted by Crippen LogP contribution is 2.46. The fourth-order valence-corrected chi connectivity index (χ4v) is 6.62. The lowest BCUT2D eigenvalue weighted by Crippen LogP contribution is -2.27. The van der Waals surface area contributed by atoms with Gasteiger partial charge in [-0.2, -0.15) is 0 Å². The molecule has 6 rings (SSSR count). The van der Waals surface area contributed by atoms with Gasteiger partial charge in [-0.3, -0.25) is 14.0 Å². The number of hydrogen-bond donors (Lipinski definition) is 2. The van der Waals surface area contributed by atoms with Crippen molar-refractivity contribution in [1.29, 1.82) is 0 Å². The summed E-state index contributed by atoms with van der Waals surface area (Å²) in [6, 6.07) is 1.20. The second-order valence-electron chi connectivity index (χ2n) is 8.67. The zero-order chi connectivity index (χ0) is 22.9. The molecule has 0 amide bonds. The van der Waals surface area contributed by atoms with Gasteiger partial charge in [0.05, 0.1) is 24.1 Å². The van der Waals surface area contributed by atoms with Crippen molar-refractivity contribution in [2.24, 2.45) is 11.7 Å². The number of methoxy groups -OCH3 is 1. The Bertz CT molecular complexity index is 1490. The third-order valence-electron chi connectivity index (χ3n) is 6.70. The molecule has 2 atom stereocenters. The number of nitrogens with zero attached hydrogens (tertiary/aromatic N) is 3. The lowest BCUT2D eigenvalue weighted by atomic mass is 10.0. The van der Waals surface area contributed by atoms with E-state index in [9.17, 15) is 9.59 Å². The first-order valence-corrected chi connectivity index (χ1v) is 12.5. The number of benzene rings is 1. The summed E-state index contributed by atoms with van der Waals surface area (Å²) in [6.07, 6.45) is 4.41. The highest BCUT2D eigenvalue weighted by atomic mass is 35.5. The molecule has 8 nitrogen and oxygen atoms in total. The number of H-pyrrole nitrogens is 1. The van der Waals surface area contributed by atoms with Crippen molar-refractivity contribution in [3.63, 3.8) is 0 Å². The molecule has 0 spiro atoms. The first-order valence-electron chi connectivity index (χ1n) is 10.8. The number of ether oxygens (including phenoxy) is 1. The zero-order valence-electron chi connectivity index (χ0n) is 18.2. The van der Waals surface area contributed by atoms with Crippen molar-refractivity contribution in [2.45, 2.75) is 31.3 Å². The van der Waals surface area contributed by atoms with Crippen LogP contribution in [0, 0.1) is 11.7 Å². The van der Waals surface area contributed by atoms with E-state index in [0.717, 1.165) is 35.8 Å². The first kappa shape index (κ1) is 23.3. The number of anilines is 1. The van der Waals surface area contributed by atoms with Gasteiger partial charge in [0.1, 0.15) is 20.9 Å². The van der Waals surface area contributed by atoms with Crippen molar-refractivity contribution in [3.05, 3.63) is 49.0 Å². The van der Waals surface area contributed by atoms with Crippen LogP contribution in [-0.2, 0) is 0 Å². The van der Waals surface area contributed by atoms with Gasteiger partial charge in [0.15, 0.2) is 11.6 Å². The molecule has 3 N–H and O–H groups in total. The van der Waals surface area contributed by atoms with Gasteiger partial charge in [0.25, 0.3) is 5.56 Å². The normalized spacial score (nSPS) is 19.0. The molecule has 1 aliphatic heterocycles. The van der Waals surface area contributed by atoms with Crippen molar-refractivity contribution < 1.29 is 9.13 Å². The molecule has 0 bridgehead atoms. The minimum Gasteiger partial charge on any atom is -0.492 e. The summed E-state index contributed by atoms with van der Waals surface area (Å²) >= 11 is 2.67. The third-order valence-corrected chi connectivity index (χ3v) is 8.46. The Morgan fingerprint density at radius 3 is 2.79 bits per heavy atom. The van der Waals surface area contributed by atoms with Crippen LogP contribution in [0.4, 0.5) is 10.1 Å². The summed E-state index contributed by atoms with van der Waals surface area (Å²) < 4.78 is 26.0. The van der Waals surface area contributed by atoms with E-state index in [2.05, 4.69) is 9.36 Å². The summed E-state index contributed by atoms with van der Waals surface area (Å²) in [5, 5.41) is 3.04. The molecule has 1 saturated heterocycles. The predicted octanol–water partition coefficient (Wildman–Crippen LogP) is 3.79. The largest absolute Gasteiger partial charge is 0.492 e. The van der Waals surface area contributed by atoms with Gasteiger partial charge >= 0.3 is 0 Å². The summed E-state index contributed by atoms with van der Waals surface area (Å²) in [4.78, 5) is 32.4. The summed E-state index contributed by atoms with van der Waals surface area (Å²) in [5.41, 5.74) is 6.46. The molecule has 34 heavy (non-hydrogen) atoms. The van der Waals surface area contributed by atoms with Gasteiger partial charge in [-0.05, 0) is 42.8 Å². The van der Waals surface area contributed by atoms with Crippen molar-refractivity contribution >= 4 is 62.1 Å². The van der Waals surface area contributed by atoms with E-state index in [1.807, 2.05) is 14.8 Å². The molecule has 12 heteroatoms. The molecule has 2 fully saturated rings. The van der Waals surface area contributed by atoms with E-state index < -0.39 is 16.8 Å². The maximum absolute atomic E-state index is 15.6. The topological polar surface area (TPSA) is 106 Å². The van der Waals surface area contributed by atoms with Crippen LogP contribution in [0.5, 0.6) is 5.75 Å². The molecule has 4 aromatic rings. The van der Waals surface area contributed by atoms with E-state index in [4.69, 9.17) is 10.5 Å². The molecule has 0 radical (unpaired) electrons. The fourth-order valence-electron chi connectivity index (χ4n) is 4.97. The number of halogens is 2. The number of pyridine rings is 1. The molecule has 2 aliphatic rings. The molecule has 180 valence electrons. The predicted molar refractivity (Wildman–Crippen MR) is 136 cm³/mol. The Hall–Kier alpha value is -2.47. The van der Waals surface area contributed by atoms with Gasteiger partial charge in [0.2, 0.25) is 5.43 Å². The molecular weight excluding hydrogens is 501 g/mol. The lowest BCUT2D eigenvalue weighted by Gasteiger charge is -2.25. The van der Waals surface area contributed by atoms with Crippen LogP contribution in [-0.4, -0.2) is 34.1 Å². The second-order valence-corrected chi connectivity index (χ2v) is 10.4. The standard InChI is InChI=1S/C22H22FN5O3S2.ClH/c1-31-19-16-12(18(29)14-20(30)26-33-22(14)28(16)11-2-3-11)8-13(23)17(19)27-6-4-10(9-27)15(24)21-25-5-7-32-21;/h5,7-8,10-11,15H,2-4,6,9,24H2,1H3,(H,26,30);1H/t10-,15?;/m1./s1. The number of rotatable bonds is 5. The number of hydrogen-bond acceptors (Lipinski definition) is 8. The van der Waals surface area contributed by atoms with Crippen molar-refractivity contribution in [2.75, 3.05) is 25.1 Å². The molecule has 3 aromatic heterocycles. The number of nitrogens with two attached hydrogens (primary N) is 1. The molecule has 4 heterocycles. The molecule has 1 saturated carbocycles. The average Bonchev–Trinajstić information content (AvgIpc) is 3.20. The minimum absolute atomic E-state index is 0. The molecule has 1 aliphatic carbocycles. The lowest BCUT2D eigenvalue weighted by molar-refractivity contribution is 0.413. The average molecular weight is 524 g/mol. The summed E-state index contributed by atoms with van der Waals surface area (Å²) in [5.74, 6) is -0.0764.